The highest BCUT2D eigenvalue weighted by Crippen LogP contribution is 2.64. The molecule has 112 valence electrons. The summed E-state index contributed by atoms with van der Waals surface area (Å²) in [6, 6.07) is 0.348. The molecule has 2 aliphatic heterocycles. The van der Waals surface area contributed by atoms with Gasteiger partial charge in [0.2, 0.25) is 0 Å². The van der Waals surface area contributed by atoms with Crippen molar-refractivity contribution in [3.8, 4) is 0 Å². The average Bonchev–Trinajstić information content (AvgIpc) is 2.89. The van der Waals surface area contributed by atoms with Gasteiger partial charge in [-0.15, -0.1) is 0 Å². The zero-order chi connectivity index (χ0) is 14.7. The number of piperidine rings is 1. The molecule has 3 unspecified atom stereocenters. The molecule has 2 bridgehead atoms. The highest BCUT2D eigenvalue weighted by molar-refractivity contribution is 5.75. The maximum absolute atomic E-state index is 12.3. The smallest absolute Gasteiger partial charge is 0.410 e. The average molecular weight is 281 g/mol. The Morgan fingerprint density at radius 2 is 1.70 bits per heavy atom. The minimum absolute atomic E-state index is 0.0316. The van der Waals surface area contributed by atoms with Gasteiger partial charge in [-0.3, -0.25) is 4.79 Å². The molecule has 5 nitrogen and oxygen atoms in total. The van der Waals surface area contributed by atoms with Crippen LogP contribution in [0.5, 0.6) is 0 Å². The van der Waals surface area contributed by atoms with Crippen LogP contribution in [0.15, 0.2) is 0 Å². The van der Waals surface area contributed by atoms with Gasteiger partial charge in [0.05, 0.1) is 5.92 Å². The number of carbonyl (C=O) groups excluding carboxylic acids is 1. The second-order valence-corrected chi connectivity index (χ2v) is 7.64. The van der Waals surface area contributed by atoms with Crippen molar-refractivity contribution in [1.29, 1.82) is 0 Å². The van der Waals surface area contributed by atoms with E-state index in [0.717, 1.165) is 32.1 Å². The van der Waals surface area contributed by atoms with E-state index in [4.69, 9.17) is 4.74 Å². The molecular weight excluding hydrogens is 258 g/mol. The minimum atomic E-state index is -0.671. The van der Waals surface area contributed by atoms with Crippen LogP contribution in [-0.4, -0.2) is 39.8 Å². The molecule has 1 spiro atoms. The molecule has 1 amide bonds. The number of ether oxygens (including phenoxy) is 1. The first-order valence-electron chi connectivity index (χ1n) is 7.46. The molecule has 20 heavy (non-hydrogen) atoms. The van der Waals surface area contributed by atoms with Crippen LogP contribution in [-0.2, 0) is 9.53 Å². The Kier molecular flexibility index (Phi) is 2.82. The summed E-state index contributed by atoms with van der Waals surface area (Å²) in [6.45, 7) is 5.62. The highest BCUT2D eigenvalue weighted by atomic mass is 16.6. The molecule has 0 aromatic carbocycles. The van der Waals surface area contributed by atoms with E-state index in [-0.39, 0.29) is 29.5 Å². The van der Waals surface area contributed by atoms with Gasteiger partial charge in [0, 0.05) is 12.1 Å². The molecule has 1 N–H and O–H groups in total. The van der Waals surface area contributed by atoms with E-state index < -0.39 is 11.6 Å². The number of hydrogen-bond donors (Lipinski definition) is 1. The van der Waals surface area contributed by atoms with Crippen LogP contribution in [0.25, 0.3) is 0 Å². The van der Waals surface area contributed by atoms with Crippen molar-refractivity contribution in [2.75, 3.05) is 0 Å². The first-order chi connectivity index (χ1) is 9.22. The second kappa shape index (κ2) is 4.12. The van der Waals surface area contributed by atoms with Gasteiger partial charge in [0.15, 0.2) is 0 Å². The van der Waals surface area contributed by atoms with Crippen molar-refractivity contribution in [3.05, 3.63) is 0 Å². The summed E-state index contributed by atoms with van der Waals surface area (Å²) in [5, 5.41) is 9.19. The Morgan fingerprint density at radius 3 is 2.10 bits per heavy atom. The molecule has 3 rings (SSSR count). The lowest BCUT2D eigenvalue weighted by molar-refractivity contribution is -0.139. The van der Waals surface area contributed by atoms with Crippen molar-refractivity contribution in [1.82, 2.24) is 4.90 Å². The largest absolute Gasteiger partial charge is 0.481 e. The van der Waals surface area contributed by atoms with E-state index in [2.05, 4.69) is 0 Å². The molecule has 1 saturated carbocycles. The zero-order valence-electron chi connectivity index (χ0n) is 12.4. The third kappa shape index (κ3) is 2.17. The van der Waals surface area contributed by atoms with E-state index in [9.17, 15) is 14.7 Å². The summed E-state index contributed by atoms with van der Waals surface area (Å²) in [4.78, 5) is 25.4. The fourth-order valence-corrected chi connectivity index (χ4v) is 4.14. The van der Waals surface area contributed by atoms with E-state index in [1.165, 1.54) is 0 Å². The number of hydrogen-bond acceptors (Lipinski definition) is 3. The molecule has 2 saturated heterocycles. The third-order valence-electron chi connectivity index (χ3n) is 5.00. The van der Waals surface area contributed by atoms with Gasteiger partial charge < -0.3 is 14.7 Å². The standard InChI is InChI=1S/C15H23NO4/c1-14(2,3)20-13(19)16-9-4-5-10(16)7-15(6-9)8-11(15)12(17)18/h9-11H,4-8H2,1-3H3,(H,17,18). The fourth-order valence-electron chi connectivity index (χ4n) is 4.14. The number of amides is 1. The molecule has 5 heteroatoms. The molecule has 3 fully saturated rings. The maximum atomic E-state index is 12.3. The Balaban J connectivity index is 1.70. The van der Waals surface area contributed by atoms with Gasteiger partial charge in [0.1, 0.15) is 5.60 Å². The first kappa shape index (κ1) is 13.7. The van der Waals surface area contributed by atoms with Gasteiger partial charge in [-0.2, -0.15) is 0 Å². The summed E-state index contributed by atoms with van der Waals surface area (Å²) in [6.07, 6.45) is 4.19. The van der Waals surface area contributed by atoms with E-state index in [1.54, 1.807) is 0 Å². The number of rotatable bonds is 1. The summed E-state index contributed by atoms with van der Waals surface area (Å²) in [7, 11) is 0. The van der Waals surface area contributed by atoms with Crippen molar-refractivity contribution in [3.63, 3.8) is 0 Å². The predicted molar refractivity (Wildman–Crippen MR) is 72.3 cm³/mol. The van der Waals surface area contributed by atoms with Crippen LogP contribution in [0.3, 0.4) is 0 Å². The van der Waals surface area contributed by atoms with Gasteiger partial charge in [0.25, 0.3) is 0 Å². The molecule has 0 aromatic heterocycles. The number of aliphatic carboxylic acids is 1. The van der Waals surface area contributed by atoms with Crippen LogP contribution >= 0.6 is 0 Å². The Bertz CT molecular complexity index is 439. The van der Waals surface area contributed by atoms with Crippen molar-refractivity contribution >= 4 is 12.1 Å². The number of carboxylic acid groups (broad SMARTS) is 1. The summed E-state index contributed by atoms with van der Waals surface area (Å²) >= 11 is 0. The Labute approximate surface area is 119 Å². The van der Waals surface area contributed by atoms with Crippen molar-refractivity contribution in [2.45, 2.75) is 70.6 Å². The van der Waals surface area contributed by atoms with Crippen LogP contribution in [0.4, 0.5) is 4.79 Å². The molecule has 2 heterocycles. The third-order valence-corrected chi connectivity index (χ3v) is 5.00. The summed E-state index contributed by atoms with van der Waals surface area (Å²) in [5.74, 6) is -0.860. The Hall–Kier alpha value is -1.26. The zero-order valence-corrected chi connectivity index (χ0v) is 12.4. The molecule has 1 aliphatic carbocycles. The molecule has 0 aromatic rings. The van der Waals surface area contributed by atoms with Gasteiger partial charge in [-0.25, -0.2) is 4.79 Å². The predicted octanol–water partition coefficient (Wildman–Crippen LogP) is 2.64. The summed E-state index contributed by atoms with van der Waals surface area (Å²) in [5.41, 5.74) is -0.509. The van der Waals surface area contributed by atoms with Crippen LogP contribution in [0.1, 0.15) is 52.9 Å². The number of carboxylic acids is 1. The van der Waals surface area contributed by atoms with E-state index in [0.29, 0.717) is 0 Å². The van der Waals surface area contributed by atoms with Crippen molar-refractivity contribution < 1.29 is 19.4 Å². The minimum Gasteiger partial charge on any atom is -0.481 e. The SMILES string of the molecule is CC(C)(C)OC(=O)N1C2CCC1CC1(C2)CC1C(=O)O. The van der Waals surface area contributed by atoms with Crippen LogP contribution in [0, 0.1) is 11.3 Å². The van der Waals surface area contributed by atoms with E-state index >= 15 is 0 Å². The molecule has 3 atom stereocenters. The first-order valence-corrected chi connectivity index (χ1v) is 7.46. The number of fused-ring (bicyclic) bond motifs is 2. The van der Waals surface area contributed by atoms with Gasteiger partial charge in [-0.1, -0.05) is 0 Å². The second-order valence-electron chi connectivity index (χ2n) is 7.64. The fraction of sp³-hybridized carbons (Fsp3) is 0.867. The van der Waals surface area contributed by atoms with Gasteiger partial charge in [-0.05, 0) is 58.3 Å². The number of nitrogens with zero attached hydrogens (tertiary/aromatic N) is 1. The molecular formula is C15H23NO4. The number of carbonyl (C=O) groups is 2. The van der Waals surface area contributed by atoms with Gasteiger partial charge >= 0.3 is 12.1 Å². The highest BCUT2D eigenvalue weighted by Gasteiger charge is 2.64. The topological polar surface area (TPSA) is 66.8 Å². The normalized spacial score (nSPS) is 39.0. The van der Waals surface area contributed by atoms with Crippen LogP contribution < -0.4 is 0 Å². The quantitative estimate of drug-likeness (QED) is 0.802. The van der Waals surface area contributed by atoms with Crippen molar-refractivity contribution in [2.24, 2.45) is 11.3 Å². The Morgan fingerprint density at radius 1 is 1.15 bits per heavy atom. The lowest BCUT2D eigenvalue weighted by Gasteiger charge is -2.40. The lowest BCUT2D eigenvalue weighted by atomic mass is 9.85. The summed E-state index contributed by atoms with van der Waals surface area (Å²) < 4.78 is 5.49. The molecule has 0 radical (unpaired) electrons. The van der Waals surface area contributed by atoms with Crippen LogP contribution in [0.2, 0.25) is 0 Å². The lowest BCUT2D eigenvalue weighted by Crippen LogP contribution is -2.49. The van der Waals surface area contributed by atoms with E-state index in [1.807, 2.05) is 25.7 Å². The monoisotopic (exact) mass is 281 g/mol. The molecule has 3 aliphatic rings. The maximum Gasteiger partial charge on any atom is 0.410 e.